The standard InChI is InChI=1S/C5H10N4O/c6-4(2-10)1-5-7-3-8-9-5/h3-4,10H,1-2,6H2,(H,7,8,9). The summed E-state index contributed by atoms with van der Waals surface area (Å²) in [6.07, 6.45) is 1.95. The Morgan fingerprint density at radius 3 is 3.10 bits per heavy atom. The van der Waals surface area contributed by atoms with Crippen molar-refractivity contribution >= 4 is 0 Å². The van der Waals surface area contributed by atoms with Crippen LogP contribution in [-0.4, -0.2) is 32.9 Å². The van der Waals surface area contributed by atoms with Crippen LogP contribution < -0.4 is 5.73 Å². The van der Waals surface area contributed by atoms with Crippen LogP contribution in [0, 0.1) is 0 Å². The van der Waals surface area contributed by atoms with E-state index in [2.05, 4.69) is 15.2 Å². The van der Waals surface area contributed by atoms with E-state index in [1.54, 1.807) is 0 Å². The van der Waals surface area contributed by atoms with Gasteiger partial charge in [-0.2, -0.15) is 5.10 Å². The molecule has 1 unspecified atom stereocenters. The summed E-state index contributed by atoms with van der Waals surface area (Å²) in [7, 11) is 0. The van der Waals surface area contributed by atoms with Crippen molar-refractivity contribution in [1.82, 2.24) is 15.2 Å². The molecular weight excluding hydrogens is 132 g/mol. The van der Waals surface area contributed by atoms with Crippen molar-refractivity contribution in [2.75, 3.05) is 6.61 Å². The summed E-state index contributed by atoms with van der Waals surface area (Å²) < 4.78 is 0. The first kappa shape index (κ1) is 7.17. The Hall–Kier alpha value is -0.940. The van der Waals surface area contributed by atoms with E-state index in [1.165, 1.54) is 6.33 Å². The van der Waals surface area contributed by atoms with Crippen LogP contribution >= 0.6 is 0 Å². The summed E-state index contributed by atoms with van der Waals surface area (Å²) in [5.41, 5.74) is 5.43. The summed E-state index contributed by atoms with van der Waals surface area (Å²) in [6.45, 7) is -0.0271. The molecule has 0 bridgehead atoms. The summed E-state index contributed by atoms with van der Waals surface area (Å²) in [4.78, 5) is 3.85. The largest absolute Gasteiger partial charge is 0.395 e. The smallest absolute Gasteiger partial charge is 0.137 e. The number of hydrogen-bond acceptors (Lipinski definition) is 4. The average molecular weight is 142 g/mol. The fourth-order valence-electron chi connectivity index (χ4n) is 0.642. The van der Waals surface area contributed by atoms with Crippen molar-refractivity contribution in [1.29, 1.82) is 0 Å². The summed E-state index contributed by atoms with van der Waals surface area (Å²) in [5.74, 6) is 0.710. The molecule has 0 saturated carbocycles. The van der Waals surface area contributed by atoms with Gasteiger partial charge in [-0.05, 0) is 0 Å². The van der Waals surface area contributed by atoms with E-state index in [0.29, 0.717) is 12.2 Å². The molecule has 1 heterocycles. The Balaban J connectivity index is 2.40. The van der Waals surface area contributed by atoms with Crippen LogP contribution in [0.1, 0.15) is 5.82 Å². The molecule has 0 radical (unpaired) electrons. The van der Waals surface area contributed by atoms with Crippen LogP contribution in [-0.2, 0) is 6.42 Å². The number of aromatic nitrogens is 3. The molecule has 5 heteroatoms. The molecule has 56 valence electrons. The molecule has 0 aliphatic rings. The van der Waals surface area contributed by atoms with Crippen molar-refractivity contribution in [2.45, 2.75) is 12.5 Å². The highest BCUT2D eigenvalue weighted by Gasteiger charge is 2.02. The Kier molecular flexibility index (Phi) is 2.35. The van der Waals surface area contributed by atoms with Crippen molar-refractivity contribution in [3.63, 3.8) is 0 Å². The number of hydrogen-bond donors (Lipinski definition) is 3. The second-order valence-electron chi connectivity index (χ2n) is 2.08. The number of nitrogens with two attached hydrogens (primary N) is 1. The fourth-order valence-corrected chi connectivity index (χ4v) is 0.642. The van der Waals surface area contributed by atoms with Gasteiger partial charge in [0.25, 0.3) is 0 Å². The zero-order valence-corrected chi connectivity index (χ0v) is 5.49. The maximum absolute atomic E-state index is 8.55. The third-order valence-corrected chi connectivity index (χ3v) is 1.15. The highest BCUT2D eigenvalue weighted by atomic mass is 16.3. The summed E-state index contributed by atoms with van der Waals surface area (Å²) in [6, 6.07) is -0.243. The maximum atomic E-state index is 8.55. The highest BCUT2D eigenvalue weighted by molar-refractivity contribution is 4.84. The second-order valence-corrected chi connectivity index (χ2v) is 2.08. The van der Waals surface area contributed by atoms with Crippen molar-refractivity contribution in [3.8, 4) is 0 Å². The highest BCUT2D eigenvalue weighted by Crippen LogP contribution is 1.90. The van der Waals surface area contributed by atoms with Crippen molar-refractivity contribution < 1.29 is 5.11 Å². The third-order valence-electron chi connectivity index (χ3n) is 1.15. The summed E-state index contributed by atoms with van der Waals surface area (Å²) in [5, 5.41) is 14.8. The quantitative estimate of drug-likeness (QED) is 0.487. The van der Waals surface area contributed by atoms with Gasteiger partial charge in [-0.15, -0.1) is 0 Å². The van der Waals surface area contributed by atoms with Gasteiger partial charge in [0, 0.05) is 12.5 Å². The molecule has 5 nitrogen and oxygen atoms in total. The van der Waals surface area contributed by atoms with Gasteiger partial charge in [0.15, 0.2) is 0 Å². The molecule has 1 aromatic heterocycles. The molecule has 0 amide bonds. The first-order chi connectivity index (χ1) is 4.83. The van der Waals surface area contributed by atoms with Gasteiger partial charge in [-0.1, -0.05) is 0 Å². The molecule has 0 saturated heterocycles. The summed E-state index contributed by atoms with van der Waals surface area (Å²) >= 11 is 0. The number of rotatable bonds is 3. The molecule has 0 aromatic carbocycles. The van der Waals surface area contributed by atoms with Gasteiger partial charge in [0.1, 0.15) is 12.2 Å². The van der Waals surface area contributed by atoms with E-state index in [1.807, 2.05) is 0 Å². The Morgan fingerprint density at radius 2 is 2.60 bits per heavy atom. The molecular formula is C5H10N4O. The zero-order valence-electron chi connectivity index (χ0n) is 5.49. The predicted octanol–water partition coefficient (Wildman–Crippen LogP) is -1.33. The minimum atomic E-state index is -0.243. The number of H-pyrrole nitrogens is 1. The van der Waals surface area contributed by atoms with Gasteiger partial charge in [0.05, 0.1) is 6.61 Å². The normalized spacial score (nSPS) is 13.4. The van der Waals surface area contributed by atoms with Crippen LogP contribution in [0.3, 0.4) is 0 Å². The van der Waals surface area contributed by atoms with E-state index in [0.717, 1.165) is 0 Å². The van der Waals surface area contributed by atoms with Crippen LogP contribution in [0.5, 0.6) is 0 Å². The van der Waals surface area contributed by atoms with E-state index < -0.39 is 0 Å². The predicted molar refractivity (Wildman–Crippen MR) is 35.1 cm³/mol. The lowest BCUT2D eigenvalue weighted by Crippen LogP contribution is -2.27. The lowest BCUT2D eigenvalue weighted by molar-refractivity contribution is 0.264. The first-order valence-electron chi connectivity index (χ1n) is 3.03. The van der Waals surface area contributed by atoms with E-state index >= 15 is 0 Å². The zero-order chi connectivity index (χ0) is 7.40. The first-order valence-corrected chi connectivity index (χ1v) is 3.03. The van der Waals surface area contributed by atoms with Gasteiger partial charge in [-0.25, -0.2) is 4.98 Å². The number of nitrogens with one attached hydrogen (secondary N) is 1. The molecule has 0 spiro atoms. The third kappa shape index (κ3) is 1.78. The molecule has 1 atom stereocenters. The van der Waals surface area contributed by atoms with Gasteiger partial charge in [-0.3, -0.25) is 5.10 Å². The molecule has 0 aliphatic carbocycles. The van der Waals surface area contributed by atoms with E-state index in [4.69, 9.17) is 10.8 Å². The molecule has 0 fully saturated rings. The lowest BCUT2D eigenvalue weighted by Gasteiger charge is -2.02. The van der Waals surface area contributed by atoms with E-state index in [-0.39, 0.29) is 12.6 Å². The van der Waals surface area contributed by atoms with Crippen molar-refractivity contribution in [2.24, 2.45) is 5.73 Å². The maximum Gasteiger partial charge on any atom is 0.137 e. The topological polar surface area (TPSA) is 87.8 Å². The Bertz CT molecular complexity index is 174. The van der Waals surface area contributed by atoms with Gasteiger partial charge >= 0.3 is 0 Å². The van der Waals surface area contributed by atoms with Crippen LogP contribution in [0.25, 0.3) is 0 Å². The molecule has 0 aliphatic heterocycles. The fraction of sp³-hybridized carbons (Fsp3) is 0.600. The number of aliphatic hydroxyl groups is 1. The second kappa shape index (κ2) is 3.28. The van der Waals surface area contributed by atoms with Crippen LogP contribution in [0.15, 0.2) is 6.33 Å². The Morgan fingerprint density at radius 1 is 1.80 bits per heavy atom. The minimum Gasteiger partial charge on any atom is -0.395 e. The molecule has 1 aromatic rings. The Labute approximate surface area is 58.3 Å². The van der Waals surface area contributed by atoms with Crippen LogP contribution in [0.4, 0.5) is 0 Å². The number of aromatic amines is 1. The van der Waals surface area contributed by atoms with E-state index in [9.17, 15) is 0 Å². The molecule has 4 N–H and O–H groups in total. The van der Waals surface area contributed by atoms with Crippen molar-refractivity contribution in [3.05, 3.63) is 12.2 Å². The average Bonchev–Trinajstić information content (AvgIpc) is 2.40. The molecule has 10 heavy (non-hydrogen) atoms. The monoisotopic (exact) mass is 142 g/mol. The number of nitrogens with zero attached hydrogens (tertiary/aromatic N) is 2. The van der Waals surface area contributed by atoms with Gasteiger partial charge in [0.2, 0.25) is 0 Å². The minimum absolute atomic E-state index is 0.0271. The lowest BCUT2D eigenvalue weighted by atomic mass is 10.2. The van der Waals surface area contributed by atoms with Crippen LogP contribution in [0.2, 0.25) is 0 Å². The SMILES string of the molecule is NC(CO)Cc1ncn[nH]1. The van der Waals surface area contributed by atoms with Gasteiger partial charge < -0.3 is 10.8 Å². The molecule has 1 rings (SSSR count). The number of aliphatic hydroxyl groups excluding tert-OH is 1.